The van der Waals surface area contributed by atoms with Crippen molar-refractivity contribution in [1.82, 2.24) is 4.90 Å². The molecule has 1 spiro atoms. The molecular formula is C15H21ClN4. The van der Waals surface area contributed by atoms with E-state index < -0.39 is 0 Å². The highest BCUT2D eigenvalue weighted by Crippen LogP contribution is 2.39. The van der Waals surface area contributed by atoms with Crippen LogP contribution in [0.4, 0.5) is 5.69 Å². The summed E-state index contributed by atoms with van der Waals surface area (Å²) in [4.78, 5) is 9.11. The Hall–Kier alpha value is -1.26. The summed E-state index contributed by atoms with van der Waals surface area (Å²) >= 11 is 6.13. The molecule has 2 aliphatic heterocycles. The van der Waals surface area contributed by atoms with E-state index in [-0.39, 0.29) is 5.54 Å². The Morgan fingerprint density at radius 2 is 2.25 bits per heavy atom. The average Bonchev–Trinajstić information content (AvgIpc) is 2.72. The van der Waals surface area contributed by atoms with E-state index in [9.17, 15) is 0 Å². The maximum Gasteiger partial charge on any atom is 0.196 e. The second-order valence-electron chi connectivity index (χ2n) is 6.00. The molecule has 0 saturated carbocycles. The van der Waals surface area contributed by atoms with Gasteiger partial charge in [-0.15, -0.1) is 0 Å². The SMILES string of the molecule is CC1CC2(CCN1C)CN=C(N)N2c1cccc(Cl)c1. The third-order valence-corrected chi connectivity index (χ3v) is 4.90. The maximum absolute atomic E-state index is 6.17. The van der Waals surface area contributed by atoms with Gasteiger partial charge in [-0.25, -0.2) is 0 Å². The lowest BCUT2D eigenvalue weighted by Gasteiger charge is -2.47. The smallest absolute Gasteiger partial charge is 0.196 e. The van der Waals surface area contributed by atoms with Crippen molar-refractivity contribution in [2.75, 3.05) is 25.0 Å². The Bertz CT molecular complexity index is 544. The lowest BCUT2D eigenvalue weighted by Crippen LogP contribution is -2.59. The van der Waals surface area contributed by atoms with Crippen LogP contribution in [0, 0.1) is 0 Å². The largest absolute Gasteiger partial charge is 0.369 e. The molecule has 2 N–H and O–H groups in total. The van der Waals surface area contributed by atoms with Gasteiger partial charge in [-0.1, -0.05) is 17.7 Å². The first kappa shape index (κ1) is 13.7. The number of likely N-dealkylation sites (tertiary alicyclic amines) is 1. The topological polar surface area (TPSA) is 44.9 Å². The van der Waals surface area contributed by atoms with Gasteiger partial charge in [0.05, 0.1) is 12.1 Å². The zero-order valence-corrected chi connectivity index (χ0v) is 12.8. The Kier molecular flexibility index (Phi) is 3.38. The molecule has 1 saturated heterocycles. The number of piperidine rings is 1. The third-order valence-electron chi connectivity index (χ3n) is 4.66. The number of nitrogens with two attached hydrogens (primary N) is 1. The van der Waals surface area contributed by atoms with Crippen molar-refractivity contribution in [2.24, 2.45) is 10.7 Å². The molecule has 2 atom stereocenters. The fraction of sp³-hybridized carbons (Fsp3) is 0.533. The number of hydrogen-bond donors (Lipinski definition) is 1. The normalized spacial score (nSPS) is 30.9. The van der Waals surface area contributed by atoms with Crippen molar-refractivity contribution in [3.8, 4) is 0 Å². The third kappa shape index (κ3) is 2.17. The molecule has 0 radical (unpaired) electrons. The van der Waals surface area contributed by atoms with Crippen LogP contribution >= 0.6 is 11.6 Å². The summed E-state index contributed by atoms with van der Waals surface area (Å²) in [5, 5.41) is 0.735. The van der Waals surface area contributed by atoms with E-state index in [1.807, 2.05) is 18.2 Å². The van der Waals surface area contributed by atoms with Gasteiger partial charge in [0.15, 0.2) is 5.96 Å². The van der Waals surface area contributed by atoms with Crippen molar-refractivity contribution < 1.29 is 0 Å². The van der Waals surface area contributed by atoms with Crippen molar-refractivity contribution in [2.45, 2.75) is 31.3 Å². The molecule has 2 heterocycles. The highest BCUT2D eigenvalue weighted by atomic mass is 35.5. The first-order valence-electron chi connectivity index (χ1n) is 7.08. The molecule has 0 aliphatic carbocycles. The minimum absolute atomic E-state index is 0.0146. The standard InChI is InChI=1S/C15H21ClN4/c1-11-9-15(6-7-19(11)2)10-18-14(17)20(15)13-5-3-4-12(16)8-13/h3-5,8,11H,6-7,9-10H2,1-2H3,(H2,17,18). The molecule has 1 aromatic rings. The van der Waals surface area contributed by atoms with E-state index >= 15 is 0 Å². The Labute approximate surface area is 125 Å². The summed E-state index contributed by atoms with van der Waals surface area (Å²) in [6.45, 7) is 4.12. The summed E-state index contributed by atoms with van der Waals surface area (Å²) < 4.78 is 0. The molecule has 0 amide bonds. The molecule has 4 nitrogen and oxygen atoms in total. The molecular weight excluding hydrogens is 272 g/mol. The predicted molar refractivity (Wildman–Crippen MR) is 84.5 cm³/mol. The van der Waals surface area contributed by atoms with Crippen LogP contribution in [0.5, 0.6) is 0 Å². The molecule has 3 rings (SSSR count). The van der Waals surface area contributed by atoms with Crippen LogP contribution < -0.4 is 10.6 Å². The van der Waals surface area contributed by atoms with Crippen LogP contribution in [0.1, 0.15) is 19.8 Å². The molecule has 20 heavy (non-hydrogen) atoms. The van der Waals surface area contributed by atoms with Crippen LogP contribution in [0.3, 0.4) is 0 Å². The minimum Gasteiger partial charge on any atom is -0.369 e. The highest BCUT2D eigenvalue weighted by Gasteiger charge is 2.46. The summed E-state index contributed by atoms with van der Waals surface area (Å²) in [5.74, 6) is 0.615. The maximum atomic E-state index is 6.17. The summed E-state index contributed by atoms with van der Waals surface area (Å²) in [7, 11) is 2.18. The Balaban J connectivity index is 1.96. The van der Waals surface area contributed by atoms with Crippen molar-refractivity contribution >= 4 is 23.2 Å². The number of hydrogen-bond acceptors (Lipinski definition) is 4. The minimum atomic E-state index is 0.0146. The number of nitrogens with zero attached hydrogens (tertiary/aromatic N) is 3. The molecule has 108 valence electrons. The Morgan fingerprint density at radius 3 is 2.95 bits per heavy atom. The van der Waals surface area contributed by atoms with E-state index in [1.165, 1.54) is 0 Å². The molecule has 1 fully saturated rings. The number of rotatable bonds is 1. The summed E-state index contributed by atoms with van der Waals surface area (Å²) in [6.07, 6.45) is 2.14. The summed E-state index contributed by atoms with van der Waals surface area (Å²) in [6, 6.07) is 8.42. The lowest BCUT2D eigenvalue weighted by molar-refractivity contribution is 0.141. The van der Waals surface area contributed by atoms with Crippen LogP contribution in [-0.2, 0) is 0 Å². The molecule has 5 heteroatoms. The van der Waals surface area contributed by atoms with Crippen LogP contribution in [0.25, 0.3) is 0 Å². The predicted octanol–water partition coefficient (Wildman–Crippen LogP) is 2.33. The molecule has 0 bridgehead atoms. The van der Waals surface area contributed by atoms with Crippen molar-refractivity contribution in [3.63, 3.8) is 0 Å². The first-order chi connectivity index (χ1) is 9.52. The number of halogens is 1. The number of guanidine groups is 1. The van der Waals surface area contributed by atoms with Crippen molar-refractivity contribution in [1.29, 1.82) is 0 Å². The van der Waals surface area contributed by atoms with Gasteiger partial charge in [-0.05, 0) is 45.0 Å². The van der Waals surface area contributed by atoms with Gasteiger partial charge in [0.25, 0.3) is 0 Å². The molecule has 1 aromatic carbocycles. The van der Waals surface area contributed by atoms with E-state index in [0.717, 1.165) is 36.6 Å². The quantitative estimate of drug-likeness (QED) is 0.864. The van der Waals surface area contributed by atoms with Gasteiger partial charge in [-0.3, -0.25) is 4.99 Å². The molecule has 2 unspecified atom stereocenters. The van der Waals surface area contributed by atoms with Gasteiger partial charge in [0.2, 0.25) is 0 Å². The highest BCUT2D eigenvalue weighted by molar-refractivity contribution is 6.31. The van der Waals surface area contributed by atoms with E-state index in [2.05, 4.69) is 34.8 Å². The molecule has 0 aromatic heterocycles. The van der Waals surface area contributed by atoms with Gasteiger partial charge in [0.1, 0.15) is 0 Å². The number of aliphatic imine (C=N–C) groups is 1. The van der Waals surface area contributed by atoms with E-state index in [4.69, 9.17) is 17.3 Å². The van der Waals surface area contributed by atoms with E-state index in [0.29, 0.717) is 12.0 Å². The van der Waals surface area contributed by atoms with E-state index in [1.54, 1.807) is 0 Å². The fourth-order valence-electron chi connectivity index (χ4n) is 3.39. The zero-order chi connectivity index (χ0) is 14.3. The fourth-order valence-corrected chi connectivity index (χ4v) is 3.58. The van der Waals surface area contributed by atoms with Crippen LogP contribution in [-0.4, -0.2) is 42.6 Å². The second-order valence-corrected chi connectivity index (χ2v) is 6.43. The van der Waals surface area contributed by atoms with Gasteiger partial charge < -0.3 is 15.5 Å². The van der Waals surface area contributed by atoms with Gasteiger partial charge >= 0.3 is 0 Å². The number of anilines is 1. The van der Waals surface area contributed by atoms with Crippen LogP contribution in [0.2, 0.25) is 5.02 Å². The molecule has 2 aliphatic rings. The van der Waals surface area contributed by atoms with Gasteiger partial charge in [-0.2, -0.15) is 0 Å². The second kappa shape index (κ2) is 4.93. The monoisotopic (exact) mass is 292 g/mol. The summed E-state index contributed by atoms with van der Waals surface area (Å²) in [5.41, 5.74) is 7.23. The van der Waals surface area contributed by atoms with Gasteiger partial charge in [0, 0.05) is 23.3 Å². The lowest BCUT2D eigenvalue weighted by atomic mass is 9.82. The van der Waals surface area contributed by atoms with Crippen molar-refractivity contribution in [3.05, 3.63) is 29.3 Å². The Morgan fingerprint density at radius 1 is 1.45 bits per heavy atom. The first-order valence-corrected chi connectivity index (χ1v) is 7.46. The zero-order valence-electron chi connectivity index (χ0n) is 12.0. The van der Waals surface area contributed by atoms with Crippen LogP contribution in [0.15, 0.2) is 29.3 Å². The average molecular weight is 293 g/mol. The number of benzene rings is 1.